The van der Waals surface area contributed by atoms with E-state index in [1.807, 2.05) is 27.8 Å². The van der Waals surface area contributed by atoms with Gasteiger partial charge in [-0.3, -0.25) is 4.79 Å². The van der Waals surface area contributed by atoms with Crippen LogP contribution in [0.15, 0.2) is 17.2 Å². The van der Waals surface area contributed by atoms with Crippen molar-refractivity contribution < 1.29 is 0 Å². The molecule has 2 heterocycles. The van der Waals surface area contributed by atoms with Crippen LogP contribution in [0.4, 0.5) is 5.82 Å². The lowest BCUT2D eigenvalue weighted by Gasteiger charge is -2.24. The van der Waals surface area contributed by atoms with E-state index in [0.717, 1.165) is 19.5 Å². The van der Waals surface area contributed by atoms with Crippen molar-refractivity contribution in [2.75, 3.05) is 25.0 Å². The molecular formula is C13H22N4O. The van der Waals surface area contributed by atoms with Crippen LogP contribution in [0.25, 0.3) is 0 Å². The third-order valence-electron chi connectivity index (χ3n) is 3.44. The summed E-state index contributed by atoms with van der Waals surface area (Å²) in [4.78, 5) is 18.8. The fraction of sp³-hybridized carbons (Fsp3) is 0.692. The minimum Gasteiger partial charge on any atom is -0.350 e. The molecule has 0 spiro atoms. The van der Waals surface area contributed by atoms with Gasteiger partial charge in [-0.25, -0.2) is 4.98 Å². The molecule has 1 atom stereocenters. The summed E-state index contributed by atoms with van der Waals surface area (Å²) in [5.41, 5.74) is -0.210. The number of rotatable bonds is 2. The SMILES string of the molecule is CNC1CCN(c2nccn(C(C)(C)C)c2=O)C1. The van der Waals surface area contributed by atoms with Crippen molar-refractivity contribution in [2.45, 2.75) is 38.8 Å². The molecule has 1 fully saturated rings. The summed E-state index contributed by atoms with van der Waals surface area (Å²) in [7, 11) is 1.96. The first-order valence-electron chi connectivity index (χ1n) is 6.44. The maximum absolute atomic E-state index is 12.4. The molecule has 5 nitrogen and oxygen atoms in total. The number of likely N-dealkylation sites (N-methyl/N-ethyl adjacent to an activating group) is 1. The Balaban J connectivity index is 2.33. The van der Waals surface area contributed by atoms with Gasteiger partial charge in [-0.15, -0.1) is 0 Å². The molecular weight excluding hydrogens is 228 g/mol. The van der Waals surface area contributed by atoms with Gasteiger partial charge in [0.2, 0.25) is 0 Å². The van der Waals surface area contributed by atoms with E-state index in [0.29, 0.717) is 11.9 Å². The molecule has 0 saturated carbocycles. The van der Waals surface area contributed by atoms with E-state index in [1.165, 1.54) is 0 Å². The van der Waals surface area contributed by atoms with Crippen molar-refractivity contribution in [3.05, 3.63) is 22.7 Å². The number of nitrogens with zero attached hydrogens (tertiary/aromatic N) is 3. The topological polar surface area (TPSA) is 50.2 Å². The van der Waals surface area contributed by atoms with Gasteiger partial charge in [0.15, 0.2) is 5.82 Å². The van der Waals surface area contributed by atoms with Crippen LogP contribution >= 0.6 is 0 Å². The first kappa shape index (κ1) is 13.1. The first-order valence-corrected chi connectivity index (χ1v) is 6.44. The van der Waals surface area contributed by atoms with Crippen LogP contribution in [0.2, 0.25) is 0 Å². The third kappa shape index (κ3) is 2.41. The van der Waals surface area contributed by atoms with Crippen molar-refractivity contribution >= 4 is 5.82 Å². The van der Waals surface area contributed by atoms with Crippen LogP contribution in [0.5, 0.6) is 0 Å². The van der Waals surface area contributed by atoms with E-state index in [9.17, 15) is 4.79 Å². The number of anilines is 1. The molecule has 1 aliphatic rings. The van der Waals surface area contributed by atoms with Crippen molar-refractivity contribution in [3.8, 4) is 0 Å². The second-order valence-electron chi connectivity index (χ2n) is 5.82. The summed E-state index contributed by atoms with van der Waals surface area (Å²) in [5, 5.41) is 3.25. The summed E-state index contributed by atoms with van der Waals surface area (Å²) >= 11 is 0. The van der Waals surface area contributed by atoms with E-state index in [4.69, 9.17) is 0 Å². The van der Waals surface area contributed by atoms with Gasteiger partial charge in [-0.2, -0.15) is 0 Å². The predicted molar refractivity (Wildman–Crippen MR) is 73.2 cm³/mol. The highest BCUT2D eigenvalue weighted by Crippen LogP contribution is 2.16. The molecule has 1 saturated heterocycles. The largest absolute Gasteiger partial charge is 0.350 e. The van der Waals surface area contributed by atoms with E-state index in [-0.39, 0.29) is 11.1 Å². The minimum absolute atomic E-state index is 0.00162. The molecule has 1 aliphatic heterocycles. The lowest BCUT2D eigenvalue weighted by molar-refractivity contribution is 0.382. The standard InChI is InChI=1S/C13H22N4O/c1-13(2,3)17-8-6-15-11(12(17)18)16-7-5-10(9-16)14-4/h6,8,10,14H,5,7,9H2,1-4H3. The maximum atomic E-state index is 12.4. The third-order valence-corrected chi connectivity index (χ3v) is 3.44. The van der Waals surface area contributed by atoms with Gasteiger partial charge in [0.1, 0.15) is 0 Å². The summed E-state index contributed by atoms with van der Waals surface area (Å²) in [6.07, 6.45) is 4.54. The zero-order chi connectivity index (χ0) is 13.3. The molecule has 0 aromatic carbocycles. The molecule has 1 aromatic rings. The smallest absolute Gasteiger partial charge is 0.293 e. The number of hydrogen-bond acceptors (Lipinski definition) is 4. The summed E-state index contributed by atoms with van der Waals surface area (Å²) < 4.78 is 1.75. The van der Waals surface area contributed by atoms with Crippen LogP contribution in [0.1, 0.15) is 27.2 Å². The van der Waals surface area contributed by atoms with Crippen molar-refractivity contribution in [1.29, 1.82) is 0 Å². The molecule has 1 aromatic heterocycles. The Hall–Kier alpha value is -1.36. The second-order valence-corrected chi connectivity index (χ2v) is 5.82. The molecule has 0 bridgehead atoms. The van der Waals surface area contributed by atoms with Crippen molar-refractivity contribution in [1.82, 2.24) is 14.9 Å². The number of hydrogen-bond donors (Lipinski definition) is 1. The molecule has 1 N–H and O–H groups in total. The number of nitrogens with one attached hydrogen (secondary N) is 1. The van der Waals surface area contributed by atoms with E-state index >= 15 is 0 Å². The van der Waals surface area contributed by atoms with Crippen molar-refractivity contribution in [3.63, 3.8) is 0 Å². The van der Waals surface area contributed by atoms with E-state index in [2.05, 4.69) is 15.2 Å². The van der Waals surface area contributed by atoms with Gasteiger partial charge in [-0.1, -0.05) is 0 Å². The van der Waals surface area contributed by atoms with Crippen LogP contribution in [0, 0.1) is 0 Å². The Morgan fingerprint density at radius 3 is 2.72 bits per heavy atom. The molecule has 0 radical (unpaired) electrons. The Morgan fingerprint density at radius 2 is 2.17 bits per heavy atom. The molecule has 18 heavy (non-hydrogen) atoms. The van der Waals surface area contributed by atoms with Gasteiger partial charge in [0, 0.05) is 37.1 Å². The zero-order valence-corrected chi connectivity index (χ0v) is 11.6. The normalized spacial score (nSPS) is 20.4. The van der Waals surface area contributed by atoms with E-state index < -0.39 is 0 Å². The highest BCUT2D eigenvalue weighted by atomic mass is 16.1. The summed E-state index contributed by atoms with van der Waals surface area (Å²) in [5.74, 6) is 0.574. The van der Waals surface area contributed by atoms with E-state index in [1.54, 1.807) is 17.0 Å². The molecule has 1 unspecified atom stereocenters. The molecule has 100 valence electrons. The zero-order valence-electron chi connectivity index (χ0n) is 11.6. The average Bonchev–Trinajstić information content (AvgIpc) is 2.76. The molecule has 2 rings (SSSR count). The van der Waals surface area contributed by atoms with Crippen LogP contribution in [-0.2, 0) is 5.54 Å². The fourth-order valence-electron chi connectivity index (χ4n) is 2.33. The van der Waals surface area contributed by atoms with Crippen LogP contribution in [0.3, 0.4) is 0 Å². The quantitative estimate of drug-likeness (QED) is 0.843. The van der Waals surface area contributed by atoms with Crippen LogP contribution in [-0.4, -0.2) is 35.7 Å². The van der Waals surface area contributed by atoms with Gasteiger partial charge >= 0.3 is 0 Å². The monoisotopic (exact) mass is 250 g/mol. The highest BCUT2D eigenvalue weighted by molar-refractivity contribution is 5.37. The Morgan fingerprint density at radius 1 is 1.44 bits per heavy atom. The number of aromatic nitrogens is 2. The van der Waals surface area contributed by atoms with Gasteiger partial charge in [0.05, 0.1) is 0 Å². The Bertz CT molecular complexity index is 475. The highest BCUT2D eigenvalue weighted by Gasteiger charge is 2.26. The Kier molecular flexibility index (Phi) is 3.43. The Labute approximate surface area is 108 Å². The fourth-order valence-corrected chi connectivity index (χ4v) is 2.33. The molecule has 0 amide bonds. The maximum Gasteiger partial charge on any atom is 0.293 e. The lowest BCUT2D eigenvalue weighted by atomic mass is 10.1. The molecule has 0 aliphatic carbocycles. The summed E-state index contributed by atoms with van der Waals surface area (Å²) in [6.45, 7) is 7.82. The average molecular weight is 250 g/mol. The van der Waals surface area contributed by atoms with Gasteiger partial charge in [-0.05, 0) is 34.2 Å². The second kappa shape index (κ2) is 4.72. The molecule has 5 heteroatoms. The van der Waals surface area contributed by atoms with Crippen LogP contribution < -0.4 is 15.8 Å². The lowest BCUT2D eigenvalue weighted by Crippen LogP contribution is -2.39. The van der Waals surface area contributed by atoms with Gasteiger partial charge in [0.25, 0.3) is 5.56 Å². The van der Waals surface area contributed by atoms with Crippen molar-refractivity contribution in [2.24, 2.45) is 0 Å². The van der Waals surface area contributed by atoms with Gasteiger partial charge < -0.3 is 14.8 Å². The summed E-state index contributed by atoms with van der Waals surface area (Å²) in [6, 6.07) is 0.453. The first-order chi connectivity index (χ1) is 8.43. The minimum atomic E-state index is -0.211. The predicted octanol–water partition coefficient (Wildman–Crippen LogP) is 0.796.